The normalized spacial score (nSPS) is 10.4. The highest BCUT2D eigenvalue weighted by Gasteiger charge is 2.08. The summed E-state index contributed by atoms with van der Waals surface area (Å²) in [5.74, 6) is 0.526. The van der Waals surface area contributed by atoms with Gasteiger partial charge in [-0.3, -0.25) is 4.79 Å². The zero-order valence-electron chi connectivity index (χ0n) is 12.1. The van der Waals surface area contributed by atoms with Crippen LogP contribution in [0.4, 0.5) is 0 Å². The number of benzene rings is 2. The first kappa shape index (κ1) is 14.9. The number of rotatable bonds is 4. The van der Waals surface area contributed by atoms with Crippen molar-refractivity contribution in [1.82, 2.24) is 0 Å². The molecule has 4 heteroatoms. The number of aromatic hydroxyl groups is 2. The van der Waals surface area contributed by atoms with Gasteiger partial charge in [0, 0.05) is 6.42 Å². The molecular formula is C17H18O4. The van der Waals surface area contributed by atoms with Gasteiger partial charge in [0.05, 0.1) is 0 Å². The summed E-state index contributed by atoms with van der Waals surface area (Å²) in [5.41, 5.74) is 2.42. The maximum atomic E-state index is 11.8. The van der Waals surface area contributed by atoms with E-state index in [0.29, 0.717) is 17.7 Å². The molecule has 21 heavy (non-hydrogen) atoms. The fourth-order valence-corrected chi connectivity index (χ4v) is 1.99. The Morgan fingerprint density at radius 2 is 1.62 bits per heavy atom. The molecule has 110 valence electrons. The van der Waals surface area contributed by atoms with Crippen LogP contribution in [-0.2, 0) is 11.2 Å². The van der Waals surface area contributed by atoms with E-state index in [0.717, 1.165) is 11.1 Å². The van der Waals surface area contributed by atoms with Crippen LogP contribution in [0.3, 0.4) is 0 Å². The van der Waals surface area contributed by atoms with Crippen molar-refractivity contribution < 1.29 is 19.7 Å². The van der Waals surface area contributed by atoms with Crippen molar-refractivity contribution in [2.45, 2.75) is 26.7 Å². The quantitative estimate of drug-likeness (QED) is 0.669. The maximum absolute atomic E-state index is 11.8. The highest BCUT2D eigenvalue weighted by atomic mass is 16.5. The molecule has 0 saturated carbocycles. The second-order valence-corrected chi connectivity index (χ2v) is 5.04. The summed E-state index contributed by atoms with van der Waals surface area (Å²) in [6.07, 6.45) is 0.807. The Labute approximate surface area is 123 Å². The second kappa shape index (κ2) is 6.31. The van der Waals surface area contributed by atoms with Gasteiger partial charge in [-0.15, -0.1) is 0 Å². The summed E-state index contributed by atoms with van der Waals surface area (Å²) in [4.78, 5) is 11.8. The van der Waals surface area contributed by atoms with Crippen LogP contribution in [0, 0.1) is 13.8 Å². The monoisotopic (exact) mass is 286 g/mol. The molecule has 4 nitrogen and oxygen atoms in total. The third-order valence-corrected chi connectivity index (χ3v) is 3.28. The predicted octanol–water partition coefficient (Wildman–Crippen LogP) is 3.25. The number of aryl methyl sites for hydroxylation is 3. The Morgan fingerprint density at radius 1 is 1.00 bits per heavy atom. The first-order valence-electron chi connectivity index (χ1n) is 6.74. The molecule has 2 N–H and O–H groups in total. The van der Waals surface area contributed by atoms with Crippen LogP contribution in [0.1, 0.15) is 23.1 Å². The molecule has 2 aromatic rings. The third kappa shape index (κ3) is 3.99. The molecule has 0 unspecified atom stereocenters. The molecule has 0 aliphatic heterocycles. The minimum absolute atomic E-state index is 0.175. The van der Waals surface area contributed by atoms with E-state index in [1.54, 1.807) is 31.2 Å². The van der Waals surface area contributed by atoms with E-state index in [1.165, 1.54) is 6.07 Å². The third-order valence-electron chi connectivity index (χ3n) is 3.28. The van der Waals surface area contributed by atoms with Gasteiger partial charge in [-0.2, -0.15) is 0 Å². The topological polar surface area (TPSA) is 66.8 Å². The summed E-state index contributed by atoms with van der Waals surface area (Å²) in [5, 5.41) is 18.9. The molecule has 0 atom stereocenters. The van der Waals surface area contributed by atoms with Crippen molar-refractivity contribution in [3.8, 4) is 17.2 Å². The summed E-state index contributed by atoms with van der Waals surface area (Å²) >= 11 is 0. The summed E-state index contributed by atoms with van der Waals surface area (Å²) in [7, 11) is 0. The van der Waals surface area contributed by atoms with E-state index >= 15 is 0 Å². The highest BCUT2D eigenvalue weighted by Crippen LogP contribution is 2.22. The largest absolute Gasteiger partial charge is 0.508 e. The van der Waals surface area contributed by atoms with Crippen molar-refractivity contribution in [2.24, 2.45) is 0 Å². The molecule has 0 fully saturated rings. The first-order valence-corrected chi connectivity index (χ1v) is 6.74. The molecule has 0 amide bonds. The standard InChI is InChI=1S/C17H18O4/c1-11-9-13(3-6-15(11)18)4-8-17(20)21-14-5-7-16(19)12(2)10-14/h3,5-7,9-10,18-19H,4,8H2,1-2H3. The van der Waals surface area contributed by atoms with Crippen molar-refractivity contribution in [1.29, 1.82) is 0 Å². The van der Waals surface area contributed by atoms with Crippen molar-refractivity contribution >= 4 is 5.97 Å². The Morgan fingerprint density at radius 3 is 2.24 bits per heavy atom. The van der Waals surface area contributed by atoms with E-state index in [1.807, 2.05) is 13.0 Å². The molecule has 0 aromatic heterocycles. The Kier molecular flexibility index (Phi) is 4.48. The van der Waals surface area contributed by atoms with Crippen LogP contribution in [0.15, 0.2) is 36.4 Å². The number of esters is 1. The zero-order valence-corrected chi connectivity index (χ0v) is 12.1. The van der Waals surface area contributed by atoms with Crippen LogP contribution in [0.5, 0.6) is 17.2 Å². The fourth-order valence-electron chi connectivity index (χ4n) is 1.99. The smallest absolute Gasteiger partial charge is 0.311 e. The van der Waals surface area contributed by atoms with Gasteiger partial charge in [-0.1, -0.05) is 12.1 Å². The SMILES string of the molecule is Cc1cc(CCC(=O)Oc2ccc(O)c(C)c2)ccc1O. The Hall–Kier alpha value is -2.49. The second-order valence-electron chi connectivity index (χ2n) is 5.04. The van der Waals surface area contributed by atoms with Gasteiger partial charge in [0.25, 0.3) is 0 Å². The van der Waals surface area contributed by atoms with E-state index in [-0.39, 0.29) is 23.9 Å². The number of carbonyl (C=O) groups excluding carboxylic acids is 1. The lowest BCUT2D eigenvalue weighted by Crippen LogP contribution is -2.09. The van der Waals surface area contributed by atoms with E-state index in [4.69, 9.17) is 4.74 Å². The van der Waals surface area contributed by atoms with Gasteiger partial charge in [0.2, 0.25) is 0 Å². The number of phenolic OH excluding ortho intramolecular Hbond substituents is 2. The van der Waals surface area contributed by atoms with E-state index in [2.05, 4.69) is 0 Å². The first-order chi connectivity index (χ1) is 9.95. The van der Waals surface area contributed by atoms with E-state index in [9.17, 15) is 15.0 Å². The minimum atomic E-state index is -0.328. The molecule has 0 spiro atoms. The van der Waals surface area contributed by atoms with Crippen LogP contribution in [0.25, 0.3) is 0 Å². The number of hydrogen-bond acceptors (Lipinski definition) is 4. The number of hydrogen-bond donors (Lipinski definition) is 2. The lowest BCUT2D eigenvalue weighted by molar-refractivity contribution is -0.134. The van der Waals surface area contributed by atoms with Gasteiger partial charge >= 0.3 is 5.97 Å². The summed E-state index contributed by atoms with van der Waals surface area (Å²) in [6.45, 7) is 3.56. The van der Waals surface area contributed by atoms with Crippen LogP contribution < -0.4 is 4.74 Å². The molecular weight excluding hydrogens is 268 g/mol. The molecule has 0 bridgehead atoms. The van der Waals surface area contributed by atoms with Gasteiger partial charge in [0.1, 0.15) is 17.2 Å². The average molecular weight is 286 g/mol. The Balaban J connectivity index is 1.92. The fraction of sp³-hybridized carbons (Fsp3) is 0.235. The average Bonchev–Trinajstić information content (AvgIpc) is 2.44. The van der Waals surface area contributed by atoms with Crippen molar-refractivity contribution in [3.63, 3.8) is 0 Å². The van der Waals surface area contributed by atoms with Crippen molar-refractivity contribution in [2.75, 3.05) is 0 Å². The van der Waals surface area contributed by atoms with Crippen molar-refractivity contribution in [3.05, 3.63) is 53.1 Å². The van der Waals surface area contributed by atoms with Gasteiger partial charge in [0.15, 0.2) is 0 Å². The molecule has 2 aromatic carbocycles. The van der Waals surface area contributed by atoms with Gasteiger partial charge < -0.3 is 14.9 Å². The van der Waals surface area contributed by atoms with Gasteiger partial charge in [-0.05, 0) is 61.2 Å². The molecule has 0 aliphatic rings. The highest BCUT2D eigenvalue weighted by molar-refractivity contribution is 5.72. The van der Waals surface area contributed by atoms with E-state index < -0.39 is 0 Å². The van der Waals surface area contributed by atoms with Crippen LogP contribution >= 0.6 is 0 Å². The molecule has 0 aliphatic carbocycles. The van der Waals surface area contributed by atoms with Crippen LogP contribution in [0.2, 0.25) is 0 Å². The van der Waals surface area contributed by atoms with Gasteiger partial charge in [-0.25, -0.2) is 0 Å². The summed E-state index contributed by atoms with van der Waals surface area (Å²) in [6, 6.07) is 9.96. The lowest BCUT2D eigenvalue weighted by Gasteiger charge is -2.07. The molecule has 2 rings (SSSR count). The molecule has 0 heterocycles. The Bertz CT molecular complexity index is 662. The molecule has 0 saturated heterocycles. The minimum Gasteiger partial charge on any atom is -0.508 e. The number of carbonyl (C=O) groups is 1. The zero-order chi connectivity index (χ0) is 15.4. The lowest BCUT2D eigenvalue weighted by atomic mass is 10.1. The molecule has 0 radical (unpaired) electrons. The number of ether oxygens (including phenoxy) is 1. The number of phenols is 2. The predicted molar refractivity (Wildman–Crippen MR) is 79.6 cm³/mol. The maximum Gasteiger partial charge on any atom is 0.311 e. The van der Waals surface area contributed by atoms with Crippen LogP contribution in [-0.4, -0.2) is 16.2 Å². The summed E-state index contributed by atoms with van der Waals surface area (Å²) < 4.78 is 5.23.